The minimum Gasteiger partial charge on any atom is -0.322 e. The summed E-state index contributed by atoms with van der Waals surface area (Å²) in [6, 6.07) is 19.6. The molecule has 0 fully saturated rings. The number of para-hydroxylation sites is 1. The number of hydrogen-bond donors (Lipinski definition) is 1. The van der Waals surface area contributed by atoms with Crippen LogP contribution in [0.4, 0.5) is 10.7 Å². The molecule has 27 heavy (non-hydrogen) atoms. The molecular weight excluding hydrogens is 352 g/mol. The van der Waals surface area contributed by atoms with Crippen molar-refractivity contribution in [3.63, 3.8) is 0 Å². The monoisotopic (exact) mass is 374 g/mol. The Morgan fingerprint density at radius 1 is 1.11 bits per heavy atom. The van der Waals surface area contributed by atoms with Crippen LogP contribution in [0.15, 0.2) is 65.7 Å². The van der Waals surface area contributed by atoms with E-state index in [2.05, 4.69) is 12.2 Å². The van der Waals surface area contributed by atoms with Crippen molar-refractivity contribution in [3.05, 3.63) is 82.2 Å². The zero-order valence-electron chi connectivity index (χ0n) is 15.3. The molecule has 3 aromatic rings. The average Bonchev–Trinajstić information content (AvgIpc) is 3.05. The van der Waals surface area contributed by atoms with Crippen LogP contribution in [0.2, 0.25) is 0 Å². The summed E-state index contributed by atoms with van der Waals surface area (Å²) in [6.07, 6.45) is 4.95. The minimum absolute atomic E-state index is 0.0616. The maximum atomic E-state index is 13.1. The third-order valence-corrected chi connectivity index (χ3v) is 6.04. The van der Waals surface area contributed by atoms with Crippen molar-refractivity contribution in [2.45, 2.75) is 26.2 Å². The first-order valence-corrected chi connectivity index (χ1v) is 10.1. The first-order chi connectivity index (χ1) is 13.2. The third kappa shape index (κ3) is 4.01. The molecule has 0 spiro atoms. The van der Waals surface area contributed by atoms with Gasteiger partial charge in [-0.1, -0.05) is 55.5 Å². The summed E-state index contributed by atoms with van der Waals surface area (Å²) in [7, 11) is 0. The maximum Gasteiger partial charge on any atom is 0.259 e. The summed E-state index contributed by atoms with van der Waals surface area (Å²) in [4.78, 5) is 19.1. The summed E-state index contributed by atoms with van der Waals surface area (Å²) in [6.45, 7) is 2.28. The predicted octanol–water partition coefficient (Wildman–Crippen LogP) is 5.88. The van der Waals surface area contributed by atoms with Crippen LogP contribution in [0, 0.1) is 5.92 Å². The van der Waals surface area contributed by atoms with E-state index in [1.165, 1.54) is 10.4 Å². The molecule has 0 radical (unpaired) electrons. The molecular formula is C23H22N2OS. The van der Waals surface area contributed by atoms with Crippen LogP contribution < -0.4 is 5.32 Å². The Morgan fingerprint density at radius 2 is 1.81 bits per heavy atom. The van der Waals surface area contributed by atoms with Crippen molar-refractivity contribution in [1.82, 2.24) is 0 Å². The number of hydrogen-bond acceptors (Lipinski definition) is 3. The van der Waals surface area contributed by atoms with E-state index in [1.54, 1.807) is 11.3 Å². The molecule has 0 unspecified atom stereocenters. The fourth-order valence-corrected chi connectivity index (χ4v) is 4.80. The van der Waals surface area contributed by atoms with Gasteiger partial charge >= 0.3 is 0 Å². The number of amides is 1. The minimum atomic E-state index is -0.0616. The fraction of sp³-hybridized carbons (Fsp3) is 0.217. The quantitative estimate of drug-likeness (QED) is 0.570. The van der Waals surface area contributed by atoms with Gasteiger partial charge in [0.1, 0.15) is 5.00 Å². The highest BCUT2D eigenvalue weighted by Crippen LogP contribution is 2.41. The van der Waals surface area contributed by atoms with E-state index in [9.17, 15) is 4.79 Å². The Morgan fingerprint density at radius 3 is 2.56 bits per heavy atom. The smallest absolute Gasteiger partial charge is 0.259 e. The molecule has 1 aliphatic carbocycles. The lowest BCUT2D eigenvalue weighted by Gasteiger charge is -2.18. The van der Waals surface area contributed by atoms with Crippen molar-refractivity contribution in [2.75, 3.05) is 5.32 Å². The Bertz CT molecular complexity index is 961. The summed E-state index contributed by atoms with van der Waals surface area (Å²) in [5.41, 5.74) is 3.78. The van der Waals surface area contributed by atoms with Gasteiger partial charge in [0.25, 0.3) is 5.91 Å². The highest BCUT2D eigenvalue weighted by atomic mass is 32.1. The van der Waals surface area contributed by atoms with Gasteiger partial charge in [-0.3, -0.25) is 4.79 Å². The Hall–Kier alpha value is -2.72. The number of anilines is 1. The third-order valence-electron chi connectivity index (χ3n) is 4.88. The van der Waals surface area contributed by atoms with Crippen molar-refractivity contribution in [2.24, 2.45) is 10.9 Å². The zero-order chi connectivity index (χ0) is 18.6. The molecule has 1 atom stereocenters. The number of rotatable bonds is 4. The van der Waals surface area contributed by atoms with Crippen molar-refractivity contribution in [1.29, 1.82) is 0 Å². The normalized spacial score (nSPS) is 16.3. The van der Waals surface area contributed by atoms with Gasteiger partial charge in [-0.15, -0.1) is 11.3 Å². The van der Waals surface area contributed by atoms with Crippen LogP contribution in [0.25, 0.3) is 0 Å². The zero-order valence-corrected chi connectivity index (χ0v) is 16.1. The summed E-state index contributed by atoms with van der Waals surface area (Å²) < 4.78 is 0. The lowest BCUT2D eigenvalue weighted by molar-refractivity contribution is 0.102. The number of fused-ring (bicyclic) bond motifs is 1. The number of thiophene rings is 1. The number of carbonyl (C=O) groups excluding carboxylic acids is 1. The van der Waals surface area contributed by atoms with Gasteiger partial charge in [-0.05, 0) is 48.4 Å². The van der Waals surface area contributed by atoms with E-state index in [0.717, 1.165) is 41.1 Å². The molecule has 4 heteroatoms. The first-order valence-electron chi connectivity index (χ1n) is 9.31. The van der Waals surface area contributed by atoms with Gasteiger partial charge in [0.15, 0.2) is 0 Å². The largest absolute Gasteiger partial charge is 0.322 e. The molecule has 1 amide bonds. The number of carbonyl (C=O) groups is 1. The van der Waals surface area contributed by atoms with Gasteiger partial charge in [-0.25, -0.2) is 4.99 Å². The van der Waals surface area contributed by atoms with Crippen LogP contribution >= 0.6 is 11.3 Å². The Balaban J connectivity index is 1.69. The van der Waals surface area contributed by atoms with E-state index in [1.807, 2.05) is 66.9 Å². The SMILES string of the molecule is C[C@@H]1CCc2c(sc(N=Cc3ccccc3)c2C(=O)Nc2ccccc2)C1. The second kappa shape index (κ2) is 7.89. The summed E-state index contributed by atoms with van der Waals surface area (Å²) in [5.74, 6) is 0.598. The molecule has 3 nitrogen and oxygen atoms in total. The van der Waals surface area contributed by atoms with Crippen LogP contribution in [0.5, 0.6) is 0 Å². The molecule has 1 aromatic heterocycles. The molecule has 0 saturated carbocycles. The number of aliphatic imine (C=N–C) groups is 1. The van der Waals surface area contributed by atoms with Gasteiger partial charge < -0.3 is 5.32 Å². The highest BCUT2D eigenvalue weighted by Gasteiger charge is 2.27. The van der Waals surface area contributed by atoms with Gasteiger partial charge in [-0.2, -0.15) is 0 Å². The van der Waals surface area contributed by atoms with E-state index < -0.39 is 0 Å². The highest BCUT2D eigenvalue weighted by molar-refractivity contribution is 7.16. The molecule has 0 saturated heterocycles. The topological polar surface area (TPSA) is 41.5 Å². The van der Waals surface area contributed by atoms with Crippen LogP contribution in [-0.4, -0.2) is 12.1 Å². The molecule has 0 bridgehead atoms. The lowest BCUT2D eigenvalue weighted by atomic mass is 9.88. The number of benzene rings is 2. The van der Waals surface area contributed by atoms with Crippen molar-refractivity contribution >= 4 is 34.1 Å². The van der Waals surface area contributed by atoms with E-state index >= 15 is 0 Å². The van der Waals surface area contributed by atoms with Crippen LogP contribution in [-0.2, 0) is 12.8 Å². The van der Waals surface area contributed by atoms with Gasteiger partial charge in [0.05, 0.1) is 5.56 Å². The van der Waals surface area contributed by atoms with Crippen molar-refractivity contribution in [3.8, 4) is 0 Å². The average molecular weight is 375 g/mol. The van der Waals surface area contributed by atoms with Crippen LogP contribution in [0.3, 0.4) is 0 Å². The maximum absolute atomic E-state index is 13.1. The molecule has 2 aromatic carbocycles. The van der Waals surface area contributed by atoms with Crippen molar-refractivity contribution < 1.29 is 4.79 Å². The molecule has 136 valence electrons. The molecule has 1 N–H and O–H groups in total. The lowest BCUT2D eigenvalue weighted by Crippen LogP contribution is -2.16. The molecule has 0 aliphatic heterocycles. The van der Waals surface area contributed by atoms with Crippen LogP contribution in [0.1, 0.15) is 39.7 Å². The van der Waals surface area contributed by atoms with Gasteiger partial charge in [0, 0.05) is 16.8 Å². The number of nitrogens with one attached hydrogen (secondary N) is 1. The molecule has 4 rings (SSSR count). The molecule has 1 aliphatic rings. The Labute approximate surface area is 163 Å². The second-order valence-electron chi connectivity index (χ2n) is 7.02. The van der Waals surface area contributed by atoms with E-state index in [4.69, 9.17) is 4.99 Å². The second-order valence-corrected chi connectivity index (χ2v) is 8.10. The number of nitrogens with zero attached hydrogens (tertiary/aromatic N) is 1. The molecule has 1 heterocycles. The van der Waals surface area contributed by atoms with E-state index in [0.29, 0.717) is 5.92 Å². The standard InChI is InChI=1S/C23H22N2OS/c1-16-12-13-19-20(14-16)27-23(24-15-17-8-4-2-5-9-17)21(19)22(26)25-18-10-6-3-7-11-18/h2-11,15-16H,12-14H2,1H3,(H,25,26)/t16-/m1/s1. The predicted molar refractivity (Wildman–Crippen MR) is 114 cm³/mol. The fourth-order valence-electron chi connectivity index (χ4n) is 3.45. The van der Waals surface area contributed by atoms with E-state index in [-0.39, 0.29) is 5.91 Å². The first kappa shape index (κ1) is 17.7. The Kier molecular flexibility index (Phi) is 5.16. The van der Waals surface area contributed by atoms with Gasteiger partial charge in [0.2, 0.25) is 0 Å². The summed E-state index contributed by atoms with van der Waals surface area (Å²) in [5, 5.41) is 3.85. The summed E-state index contributed by atoms with van der Waals surface area (Å²) >= 11 is 1.67.